The molecule has 0 aromatic heterocycles. The van der Waals surface area contributed by atoms with Crippen LogP contribution in [0.2, 0.25) is 0 Å². The minimum Gasteiger partial charge on any atom is -0.390 e. The van der Waals surface area contributed by atoms with Crippen LogP contribution in [0, 0.1) is 0 Å². The Hall–Kier alpha value is -0.530. The molecule has 1 aliphatic carbocycles. The van der Waals surface area contributed by atoms with Gasteiger partial charge in [-0.3, -0.25) is 0 Å². The second-order valence-corrected chi connectivity index (χ2v) is 3.31. The van der Waals surface area contributed by atoms with E-state index in [0.29, 0.717) is 0 Å². The normalized spacial score (nSPS) is 28.8. The van der Waals surface area contributed by atoms with Crippen molar-refractivity contribution in [3.63, 3.8) is 0 Å². The van der Waals surface area contributed by atoms with E-state index in [1.807, 2.05) is 6.21 Å². The Morgan fingerprint density at radius 2 is 2.00 bits per heavy atom. The molecule has 1 fully saturated rings. The van der Waals surface area contributed by atoms with Crippen molar-refractivity contribution in [3.05, 3.63) is 0 Å². The summed E-state index contributed by atoms with van der Waals surface area (Å²) in [5.74, 6) is 0. The highest BCUT2D eigenvalue weighted by Crippen LogP contribution is 2.38. The van der Waals surface area contributed by atoms with Crippen molar-refractivity contribution in [2.24, 2.45) is 5.16 Å². The third kappa shape index (κ3) is 0.917. The zero-order valence-corrected chi connectivity index (χ0v) is 6.18. The summed E-state index contributed by atoms with van der Waals surface area (Å²) in [5, 5.41) is 3.89. The van der Waals surface area contributed by atoms with Crippen LogP contribution in [-0.4, -0.2) is 11.8 Å². The maximum absolute atomic E-state index is 5.40. The van der Waals surface area contributed by atoms with Crippen molar-refractivity contribution in [1.82, 2.24) is 0 Å². The van der Waals surface area contributed by atoms with Crippen molar-refractivity contribution >= 4 is 6.21 Å². The monoisotopic (exact) mass is 139 g/mol. The summed E-state index contributed by atoms with van der Waals surface area (Å²) in [6.45, 7) is 0. The molecular weight excluding hydrogens is 126 g/mol. The zero-order chi connectivity index (χ0) is 6.86. The summed E-state index contributed by atoms with van der Waals surface area (Å²) in [4.78, 5) is 5.40. The molecule has 0 amide bonds. The van der Waals surface area contributed by atoms with Gasteiger partial charge in [0.1, 0.15) is 5.60 Å². The topological polar surface area (TPSA) is 21.6 Å². The molecule has 1 aliphatic heterocycles. The van der Waals surface area contributed by atoms with Crippen LogP contribution >= 0.6 is 0 Å². The van der Waals surface area contributed by atoms with Gasteiger partial charge >= 0.3 is 0 Å². The standard InChI is InChI=1S/C8H13NO/c1-2-5-8(4-1)6-3-7-9-10-8/h7H,1-6H2. The first-order chi connectivity index (χ1) is 4.91. The molecule has 2 aliphatic rings. The average molecular weight is 139 g/mol. The van der Waals surface area contributed by atoms with Crippen LogP contribution in [0.3, 0.4) is 0 Å². The Balaban J connectivity index is 2.06. The molecule has 0 saturated heterocycles. The summed E-state index contributed by atoms with van der Waals surface area (Å²) in [6, 6.07) is 0. The van der Waals surface area contributed by atoms with E-state index < -0.39 is 0 Å². The predicted octanol–water partition coefficient (Wildman–Crippen LogP) is 2.10. The summed E-state index contributed by atoms with van der Waals surface area (Å²) < 4.78 is 0. The minimum absolute atomic E-state index is 0.175. The molecule has 1 heterocycles. The minimum atomic E-state index is 0.175. The molecule has 2 heteroatoms. The van der Waals surface area contributed by atoms with Gasteiger partial charge in [-0.2, -0.15) is 0 Å². The molecule has 0 bridgehead atoms. The third-order valence-corrected chi connectivity index (χ3v) is 2.56. The summed E-state index contributed by atoms with van der Waals surface area (Å²) in [6.07, 6.45) is 9.29. The lowest BCUT2D eigenvalue weighted by Gasteiger charge is -2.28. The Kier molecular flexibility index (Phi) is 1.40. The molecule has 0 N–H and O–H groups in total. The van der Waals surface area contributed by atoms with E-state index in [-0.39, 0.29) is 5.60 Å². The fourth-order valence-electron chi connectivity index (χ4n) is 1.94. The summed E-state index contributed by atoms with van der Waals surface area (Å²) >= 11 is 0. The number of rotatable bonds is 0. The second-order valence-electron chi connectivity index (χ2n) is 3.31. The Morgan fingerprint density at radius 3 is 2.60 bits per heavy atom. The van der Waals surface area contributed by atoms with Crippen LogP contribution in [0.15, 0.2) is 5.16 Å². The van der Waals surface area contributed by atoms with Gasteiger partial charge < -0.3 is 4.84 Å². The van der Waals surface area contributed by atoms with Crippen molar-refractivity contribution in [2.75, 3.05) is 0 Å². The predicted molar refractivity (Wildman–Crippen MR) is 40.0 cm³/mol. The molecule has 1 spiro atoms. The molecule has 0 radical (unpaired) electrons. The number of oxime groups is 1. The molecule has 0 aromatic carbocycles. The average Bonchev–Trinajstić information content (AvgIpc) is 2.39. The van der Waals surface area contributed by atoms with Crippen LogP contribution < -0.4 is 0 Å². The van der Waals surface area contributed by atoms with E-state index in [1.54, 1.807) is 0 Å². The SMILES string of the molecule is C1=NOC2(CC1)CCCC2. The van der Waals surface area contributed by atoms with Crippen LogP contribution in [0.5, 0.6) is 0 Å². The van der Waals surface area contributed by atoms with Crippen molar-refractivity contribution in [1.29, 1.82) is 0 Å². The van der Waals surface area contributed by atoms with E-state index in [4.69, 9.17) is 4.84 Å². The largest absolute Gasteiger partial charge is 0.390 e. The second kappa shape index (κ2) is 2.26. The van der Waals surface area contributed by atoms with Gasteiger partial charge in [0.15, 0.2) is 0 Å². The Bertz CT molecular complexity index is 147. The van der Waals surface area contributed by atoms with Gasteiger partial charge in [0.2, 0.25) is 0 Å². The molecule has 10 heavy (non-hydrogen) atoms. The van der Waals surface area contributed by atoms with E-state index >= 15 is 0 Å². The van der Waals surface area contributed by atoms with Crippen molar-refractivity contribution in [3.8, 4) is 0 Å². The molecule has 0 aromatic rings. The lowest BCUT2D eigenvalue weighted by Crippen LogP contribution is -2.29. The van der Waals surface area contributed by atoms with Crippen LogP contribution in [0.25, 0.3) is 0 Å². The van der Waals surface area contributed by atoms with E-state index in [0.717, 1.165) is 6.42 Å². The number of hydrogen-bond acceptors (Lipinski definition) is 2. The van der Waals surface area contributed by atoms with Gasteiger partial charge in [0.05, 0.1) is 0 Å². The quantitative estimate of drug-likeness (QED) is 0.503. The molecule has 2 nitrogen and oxygen atoms in total. The molecule has 0 atom stereocenters. The highest BCUT2D eigenvalue weighted by Gasteiger charge is 2.36. The van der Waals surface area contributed by atoms with Gasteiger partial charge in [-0.05, 0) is 38.5 Å². The van der Waals surface area contributed by atoms with Gasteiger partial charge in [-0.1, -0.05) is 5.16 Å². The summed E-state index contributed by atoms with van der Waals surface area (Å²) in [7, 11) is 0. The first kappa shape index (κ1) is 6.20. The van der Waals surface area contributed by atoms with Crippen LogP contribution in [0.4, 0.5) is 0 Å². The van der Waals surface area contributed by atoms with Gasteiger partial charge in [0.25, 0.3) is 0 Å². The fraction of sp³-hybridized carbons (Fsp3) is 0.875. The van der Waals surface area contributed by atoms with E-state index in [2.05, 4.69) is 5.16 Å². The Labute approximate surface area is 61.2 Å². The van der Waals surface area contributed by atoms with Crippen LogP contribution in [0.1, 0.15) is 38.5 Å². The van der Waals surface area contributed by atoms with Crippen LogP contribution in [-0.2, 0) is 4.84 Å². The van der Waals surface area contributed by atoms with Gasteiger partial charge in [0, 0.05) is 6.21 Å². The first-order valence-electron chi connectivity index (χ1n) is 4.11. The first-order valence-corrected chi connectivity index (χ1v) is 4.11. The fourth-order valence-corrected chi connectivity index (χ4v) is 1.94. The van der Waals surface area contributed by atoms with Crippen molar-refractivity contribution in [2.45, 2.75) is 44.1 Å². The molecule has 0 unspecified atom stereocenters. The molecule has 56 valence electrons. The third-order valence-electron chi connectivity index (χ3n) is 2.56. The summed E-state index contributed by atoms with van der Waals surface area (Å²) in [5.41, 5.74) is 0.175. The van der Waals surface area contributed by atoms with Gasteiger partial charge in [-0.25, -0.2) is 0 Å². The zero-order valence-electron chi connectivity index (χ0n) is 6.18. The maximum Gasteiger partial charge on any atom is 0.138 e. The Morgan fingerprint density at radius 1 is 1.20 bits per heavy atom. The molecular formula is C8H13NO. The smallest absolute Gasteiger partial charge is 0.138 e. The lowest BCUT2D eigenvalue weighted by molar-refractivity contribution is -0.0503. The van der Waals surface area contributed by atoms with E-state index in [1.165, 1.54) is 32.1 Å². The highest BCUT2D eigenvalue weighted by molar-refractivity contribution is 5.57. The van der Waals surface area contributed by atoms with Crippen molar-refractivity contribution < 1.29 is 4.84 Å². The molecule has 2 rings (SSSR count). The molecule has 1 saturated carbocycles. The number of nitrogens with zero attached hydrogens (tertiary/aromatic N) is 1. The van der Waals surface area contributed by atoms with Gasteiger partial charge in [-0.15, -0.1) is 0 Å². The maximum atomic E-state index is 5.40. The highest BCUT2D eigenvalue weighted by atomic mass is 16.6. The lowest BCUT2D eigenvalue weighted by atomic mass is 9.96. The number of hydrogen-bond donors (Lipinski definition) is 0. The van der Waals surface area contributed by atoms with E-state index in [9.17, 15) is 0 Å².